The minimum Gasteiger partial charge on any atom is -0.480 e. The van der Waals surface area contributed by atoms with Gasteiger partial charge >= 0.3 is 5.97 Å². The van der Waals surface area contributed by atoms with Crippen LogP contribution < -0.4 is 5.32 Å². The summed E-state index contributed by atoms with van der Waals surface area (Å²) in [5.74, 6) is -0.217. The molecule has 0 saturated carbocycles. The smallest absolute Gasteiger partial charge is 0.326 e. The molecule has 1 atom stereocenters. The van der Waals surface area contributed by atoms with Crippen LogP contribution in [0.5, 0.6) is 0 Å². The summed E-state index contributed by atoms with van der Waals surface area (Å²) in [6.45, 7) is 4.14. The third-order valence-corrected chi connectivity index (χ3v) is 4.37. The van der Waals surface area contributed by atoms with E-state index in [4.69, 9.17) is 0 Å². The number of carbonyl (C=O) groups is 1. The monoisotopic (exact) mass is 293 g/mol. The average Bonchev–Trinajstić information content (AvgIpc) is 2.87. The zero-order valence-electron chi connectivity index (χ0n) is 11.7. The zero-order valence-corrected chi connectivity index (χ0v) is 12.5. The lowest BCUT2D eigenvalue weighted by atomic mass is 10.1. The van der Waals surface area contributed by atoms with Gasteiger partial charge in [0.2, 0.25) is 0 Å². The third-order valence-electron chi connectivity index (χ3n) is 3.18. The van der Waals surface area contributed by atoms with Crippen molar-refractivity contribution < 1.29 is 9.90 Å². The van der Waals surface area contributed by atoms with Gasteiger partial charge in [0, 0.05) is 4.88 Å². The van der Waals surface area contributed by atoms with E-state index in [0.717, 1.165) is 29.5 Å². The molecule has 0 bridgehead atoms. The number of nitrogens with zero attached hydrogens (tertiary/aromatic N) is 2. The minimum atomic E-state index is -0.837. The molecule has 2 aromatic rings. The van der Waals surface area contributed by atoms with Crippen LogP contribution in [-0.2, 0) is 11.2 Å². The molecule has 0 radical (unpaired) electrons. The predicted molar refractivity (Wildman–Crippen MR) is 81.4 cm³/mol. The fourth-order valence-electron chi connectivity index (χ4n) is 2.03. The number of anilines is 1. The highest BCUT2D eigenvalue weighted by Gasteiger charge is 2.18. The maximum absolute atomic E-state index is 11.3. The van der Waals surface area contributed by atoms with Crippen LogP contribution in [0.1, 0.15) is 38.0 Å². The second kappa shape index (κ2) is 6.65. The van der Waals surface area contributed by atoms with E-state index in [-0.39, 0.29) is 0 Å². The van der Waals surface area contributed by atoms with Gasteiger partial charge in [-0.15, -0.1) is 11.3 Å². The molecule has 6 heteroatoms. The van der Waals surface area contributed by atoms with Crippen molar-refractivity contribution in [3.63, 3.8) is 0 Å². The van der Waals surface area contributed by atoms with Gasteiger partial charge in [0.25, 0.3) is 0 Å². The van der Waals surface area contributed by atoms with Crippen molar-refractivity contribution >= 4 is 33.3 Å². The molecule has 20 heavy (non-hydrogen) atoms. The number of unbranched alkanes of at least 4 members (excludes halogenated alkanes) is 1. The number of carboxylic acids is 1. The van der Waals surface area contributed by atoms with Gasteiger partial charge in [-0.3, -0.25) is 0 Å². The molecule has 2 heterocycles. The summed E-state index contributed by atoms with van der Waals surface area (Å²) in [7, 11) is 0. The molecular formula is C14H19N3O2S. The third kappa shape index (κ3) is 3.25. The van der Waals surface area contributed by atoms with E-state index in [1.54, 1.807) is 11.3 Å². The van der Waals surface area contributed by atoms with Crippen molar-refractivity contribution in [2.24, 2.45) is 0 Å². The quantitative estimate of drug-likeness (QED) is 0.819. The maximum Gasteiger partial charge on any atom is 0.326 e. The maximum atomic E-state index is 11.3. The molecule has 0 aromatic carbocycles. The number of carboxylic acid groups (broad SMARTS) is 1. The van der Waals surface area contributed by atoms with E-state index < -0.39 is 12.0 Å². The largest absolute Gasteiger partial charge is 0.480 e. The highest BCUT2D eigenvalue weighted by molar-refractivity contribution is 7.18. The lowest BCUT2D eigenvalue weighted by Gasteiger charge is -2.14. The van der Waals surface area contributed by atoms with Crippen LogP contribution in [0.15, 0.2) is 12.4 Å². The van der Waals surface area contributed by atoms with Crippen molar-refractivity contribution in [3.8, 4) is 0 Å². The predicted octanol–water partition coefficient (Wildman–Crippen LogP) is 3.31. The molecule has 2 aromatic heterocycles. The molecule has 108 valence electrons. The number of nitrogens with one attached hydrogen (secondary N) is 1. The van der Waals surface area contributed by atoms with Crippen LogP contribution in [0.2, 0.25) is 0 Å². The molecule has 0 aliphatic carbocycles. The van der Waals surface area contributed by atoms with Crippen molar-refractivity contribution in [1.29, 1.82) is 0 Å². The number of aryl methyl sites for hydroxylation is 1. The van der Waals surface area contributed by atoms with E-state index in [1.165, 1.54) is 11.2 Å². The van der Waals surface area contributed by atoms with E-state index in [9.17, 15) is 9.90 Å². The Morgan fingerprint density at radius 2 is 2.25 bits per heavy atom. The summed E-state index contributed by atoms with van der Waals surface area (Å²) in [6, 6.07) is 1.44. The normalized spacial score (nSPS) is 12.5. The Bertz CT molecular complexity index is 597. The zero-order chi connectivity index (χ0) is 14.5. The summed E-state index contributed by atoms with van der Waals surface area (Å²) in [5, 5.41) is 13.2. The van der Waals surface area contributed by atoms with Crippen molar-refractivity contribution in [2.75, 3.05) is 5.32 Å². The SMILES string of the molecule is CCCCC(Nc1ncnc2sc(CC)cc12)C(=O)O. The Labute approximate surface area is 122 Å². The lowest BCUT2D eigenvalue weighted by Crippen LogP contribution is -2.29. The van der Waals surface area contributed by atoms with Gasteiger partial charge in [-0.1, -0.05) is 26.7 Å². The number of aromatic nitrogens is 2. The number of fused-ring (bicyclic) bond motifs is 1. The average molecular weight is 293 g/mol. The van der Waals surface area contributed by atoms with Gasteiger partial charge in [-0.2, -0.15) is 0 Å². The molecule has 1 unspecified atom stereocenters. The first-order valence-electron chi connectivity index (χ1n) is 6.88. The molecule has 2 N–H and O–H groups in total. The van der Waals surface area contributed by atoms with Crippen LogP contribution >= 0.6 is 11.3 Å². The first-order valence-corrected chi connectivity index (χ1v) is 7.70. The molecule has 2 rings (SSSR count). The Morgan fingerprint density at radius 3 is 2.90 bits per heavy atom. The van der Waals surface area contributed by atoms with Gasteiger partial charge in [0.1, 0.15) is 23.0 Å². The van der Waals surface area contributed by atoms with Crippen molar-refractivity contribution in [2.45, 2.75) is 45.6 Å². The Morgan fingerprint density at radius 1 is 1.45 bits per heavy atom. The van der Waals surface area contributed by atoms with Gasteiger partial charge in [0.05, 0.1) is 5.39 Å². The molecule has 0 aliphatic heterocycles. The van der Waals surface area contributed by atoms with Crippen LogP contribution in [0.4, 0.5) is 5.82 Å². The van der Waals surface area contributed by atoms with Crippen LogP contribution in [-0.4, -0.2) is 27.1 Å². The summed E-state index contributed by atoms with van der Waals surface area (Å²) in [6.07, 6.45) is 4.88. The summed E-state index contributed by atoms with van der Waals surface area (Å²) in [4.78, 5) is 21.9. The molecule has 0 saturated heterocycles. The van der Waals surface area contributed by atoms with E-state index in [2.05, 4.69) is 22.2 Å². The van der Waals surface area contributed by atoms with Crippen LogP contribution in [0.25, 0.3) is 10.2 Å². The lowest BCUT2D eigenvalue weighted by molar-refractivity contribution is -0.138. The number of hydrogen-bond donors (Lipinski definition) is 2. The highest BCUT2D eigenvalue weighted by Crippen LogP contribution is 2.29. The second-order valence-corrected chi connectivity index (χ2v) is 5.80. The van der Waals surface area contributed by atoms with E-state index >= 15 is 0 Å². The van der Waals surface area contributed by atoms with Gasteiger partial charge in [0.15, 0.2) is 0 Å². The van der Waals surface area contributed by atoms with Gasteiger partial charge in [-0.05, 0) is 18.9 Å². The summed E-state index contributed by atoms with van der Waals surface area (Å²) in [5.41, 5.74) is 0. The molecule has 0 aliphatic rings. The first kappa shape index (κ1) is 14.7. The Hall–Kier alpha value is -1.69. The van der Waals surface area contributed by atoms with Crippen molar-refractivity contribution in [1.82, 2.24) is 9.97 Å². The second-order valence-electron chi connectivity index (χ2n) is 4.68. The van der Waals surface area contributed by atoms with E-state index in [1.807, 2.05) is 13.0 Å². The Kier molecular flexibility index (Phi) is 4.89. The van der Waals surface area contributed by atoms with E-state index in [0.29, 0.717) is 12.2 Å². The van der Waals surface area contributed by atoms with Crippen molar-refractivity contribution in [3.05, 3.63) is 17.3 Å². The molecule has 0 amide bonds. The fraction of sp³-hybridized carbons (Fsp3) is 0.500. The summed E-state index contributed by atoms with van der Waals surface area (Å²) >= 11 is 1.63. The molecule has 5 nitrogen and oxygen atoms in total. The number of thiophene rings is 1. The molecular weight excluding hydrogens is 274 g/mol. The topological polar surface area (TPSA) is 75.1 Å². The minimum absolute atomic E-state index is 0.599. The number of hydrogen-bond acceptors (Lipinski definition) is 5. The van der Waals surface area contributed by atoms with Crippen LogP contribution in [0.3, 0.4) is 0 Å². The van der Waals surface area contributed by atoms with Gasteiger partial charge < -0.3 is 10.4 Å². The first-order chi connectivity index (χ1) is 9.65. The molecule has 0 fully saturated rings. The van der Waals surface area contributed by atoms with Gasteiger partial charge in [-0.25, -0.2) is 14.8 Å². The van der Waals surface area contributed by atoms with Crippen LogP contribution in [0, 0.1) is 0 Å². The number of rotatable bonds is 7. The summed E-state index contributed by atoms with van der Waals surface area (Å²) < 4.78 is 0. The standard InChI is InChI=1S/C14H19N3O2S/c1-3-5-6-11(14(18)19)17-12-10-7-9(4-2)20-13(10)16-8-15-12/h7-8,11H,3-6H2,1-2H3,(H,18,19)(H,15,16,17). The molecule has 0 spiro atoms. The fourth-order valence-corrected chi connectivity index (χ4v) is 2.96. The number of aliphatic carboxylic acids is 1. The highest BCUT2D eigenvalue weighted by atomic mass is 32.1. The Balaban J connectivity index is 2.26.